The molecule has 0 fully saturated rings. The fraction of sp³-hybridized carbons (Fsp3) is 0.333. The summed E-state index contributed by atoms with van der Waals surface area (Å²) in [5.74, 6) is -10.4. The van der Waals surface area contributed by atoms with Crippen molar-refractivity contribution >= 4 is 41.0 Å². The Hall–Kier alpha value is -2.69. The summed E-state index contributed by atoms with van der Waals surface area (Å²) in [6, 6.07) is 3.12. The molecule has 0 unspecified atom stereocenters. The van der Waals surface area contributed by atoms with Gasteiger partial charge in [-0.15, -0.1) is 0 Å². The average molecular weight is 599 g/mol. The van der Waals surface area contributed by atoms with Gasteiger partial charge >= 0.3 is 23.4 Å². The number of alkyl halides is 7. The SMILES string of the molecule is COCN(C(=O)c1c(F)cccc1Cl)C(=O)N(COC)c1ccc(SC(F)(F)C(F)(F)C(F)(F)F)cc1F. The van der Waals surface area contributed by atoms with Crippen LogP contribution < -0.4 is 4.90 Å². The van der Waals surface area contributed by atoms with Crippen molar-refractivity contribution in [1.29, 1.82) is 0 Å². The summed E-state index contributed by atoms with van der Waals surface area (Å²) < 4.78 is 130. The molecule has 2 rings (SSSR count). The van der Waals surface area contributed by atoms with Gasteiger partial charge in [-0.2, -0.15) is 30.7 Å². The number of benzene rings is 2. The summed E-state index contributed by atoms with van der Waals surface area (Å²) in [4.78, 5) is 25.8. The predicted molar refractivity (Wildman–Crippen MR) is 117 cm³/mol. The highest BCUT2D eigenvalue weighted by Crippen LogP contribution is 2.54. The van der Waals surface area contributed by atoms with E-state index < -0.39 is 82.3 Å². The second-order valence-corrected chi connectivity index (χ2v) is 8.78. The highest BCUT2D eigenvalue weighted by atomic mass is 35.5. The lowest BCUT2D eigenvalue weighted by Gasteiger charge is -2.29. The third-order valence-corrected chi connectivity index (χ3v) is 5.89. The maximum absolute atomic E-state index is 14.9. The Morgan fingerprint density at radius 3 is 2.03 bits per heavy atom. The van der Waals surface area contributed by atoms with E-state index in [-0.39, 0.29) is 11.1 Å². The van der Waals surface area contributed by atoms with Crippen molar-refractivity contribution in [2.75, 3.05) is 32.6 Å². The largest absolute Gasteiger partial charge is 0.460 e. The topological polar surface area (TPSA) is 59.1 Å². The Labute approximate surface area is 218 Å². The van der Waals surface area contributed by atoms with Crippen molar-refractivity contribution < 1.29 is 58.6 Å². The molecule has 0 radical (unpaired) electrons. The van der Waals surface area contributed by atoms with Crippen molar-refractivity contribution in [2.24, 2.45) is 0 Å². The molecule has 2 aromatic carbocycles. The number of carbonyl (C=O) groups is 2. The van der Waals surface area contributed by atoms with E-state index in [2.05, 4.69) is 0 Å². The third-order valence-electron chi connectivity index (χ3n) is 4.58. The molecule has 0 aromatic heterocycles. The van der Waals surface area contributed by atoms with Crippen molar-refractivity contribution in [2.45, 2.75) is 22.2 Å². The van der Waals surface area contributed by atoms with Gasteiger partial charge in [0.25, 0.3) is 5.91 Å². The van der Waals surface area contributed by atoms with Gasteiger partial charge in [0.15, 0.2) is 0 Å². The zero-order chi connectivity index (χ0) is 29.1. The number of anilines is 1. The molecule has 0 aliphatic carbocycles. The Kier molecular flexibility index (Phi) is 9.96. The molecule has 6 nitrogen and oxygen atoms in total. The minimum Gasteiger partial charge on any atom is -0.364 e. The number of amides is 3. The Bertz CT molecular complexity index is 1160. The normalized spacial score (nSPS) is 12.4. The first-order valence-electron chi connectivity index (χ1n) is 9.86. The number of thioether (sulfide) groups is 1. The first-order valence-corrected chi connectivity index (χ1v) is 11.1. The van der Waals surface area contributed by atoms with Crippen LogP contribution in [0.25, 0.3) is 0 Å². The number of imide groups is 1. The van der Waals surface area contributed by atoms with Gasteiger partial charge in [-0.05, 0) is 42.1 Å². The maximum Gasteiger partial charge on any atom is 0.460 e. The lowest BCUT2D eigenvalue weighted by Crippen LogP contribution is -2.50. The molecule has 0 spiro atoms. The third kappa shape index (κ3) is 6.47. The zero-order valence-corrected chi connectivity index (χ0v) is 20.7. The number of urea groups is 1. The van der Waals surface area contributed by atoms with Crippen LogP contribution in [0.3, 0.4) is 0 Å². The summed E-state index contributed by atoms with van der Waals surface area (Å²) in [5.41, 5.74) is -1.50. The van der Waals surface area contributed by atoms with Crippen LogP contribution in [0.15, 0.2) is 41.3 Å². The molecule has 17 heteroatoms. The highest BCUT2D eigenvalue weighted by Gasteiger charge is 2.73. The fourth-order valence-corrected chi connectivity index (χ4v) is 3.90. The molecule has 0 saturated heterocycles. The van der Waals surface area contributed by atoms with E-state index in [1.54, 1.807) is 0 Å². The Morgan fingerprint density at radius 1 is 0.921 bits per heavy atom. The van der Waals surface area contributed by atoms with Crippen molar-refractivity contribution in [3.63, 3.8) is 0 Å². The molecule has 2 aromatic rings. The summed E-state index contributed by atoms with van der Waals surface area (Å²) in [6.07, 6.45) is -6.60. The van der Waals surface area contributed by atoms with Crippen molar-refractivity contribution in [1.82, 2.24) is 4.90 Å². The molecule has 0 N–H and O–H groups in total. The van der Waals surface area contributed by atoms with Gasteiger partial charge in [0.05, 0.1) is 16.3 Å². The van der Waals surface area contributed by atoms with Crippen LogP contribution in [0.2, 0.25) is 5.02 Å². The van der Waals surface area contributed by atoms with Crippen LogP contribution in [0.1, 0.15) is 10.4 Å². The molecule has 0 atom stereocenters. The molecule has 38 heavy (non-hydrogen) atoms. The van der Waals surface area contributed by atoms with E-state index in [1.165, 1.54) is 6.07 Å². The molecule has 210 valence electrons. The zero-order valence-electron chi connectivity index (χ0n) is 19.1. The van der Waals surface area contributed by atoms with Gasteiger partial charge < -0.3 is 9.47 Å². The van der Waals surface area contributed by atoms with Crippen LogP contribution in [0.4, 0.5) is 50.0 Å². The monoisotopic (exact) mass is 598 g/mol. The quantitative estimate of drug-likeness (QED) is 0.181. The lowest BCUT2D eigenvalue weighted by atomic mass is 10.2. The minimum absolute atomic E-state index is 0.173. The van der Waals surface area contributed by atoms with Crippen LogP contribution in [-0.4, -0.2) is 61.9 Å². The van der Waals surface area contributed by atoms with E-state index in [4.69, 9.17) is 21.1 Å². The van der Waals surface area contributed by atoms with Gasteiger partial charge in [0.2, 0.25) is 0 Å². The number of methoxy groups -OCH3 is 2. The van der Waals surface area contributed by atoms with Crippen LogP contribution >= 0.6 is 23.4 Å². The van der Waals surface area contributed by atoms with Gasteiger partial charge in [-0.1, -0.05) is 17.7 Å². The first kappa shape index (κ1) is 31.5. The second-order valence-electron chi connectivity index (χ2n) is 7.18. The smallest absolute Gasteiger partial charge is 0.364 e. The molecular weight excluding hydrogens is 583 g/mol. The molecule has 3 amide bonds. The van der Waals surface area contributed by atoms with E-state index >= 15 is 0 Å². The van der Waals surface area contributed by atoms with E-state index in [0.717, 1.165) is 26.4 Å². The fourth-order valence-electron chi connectivity index (χ4n) is 2.82. The second kappa shape index (κ2) is 12.0. The molecule has 0 aliphatic rings. The Morgan fingerprint density at radius 2 is 1.53 bits per heavy atom. The number of rotatable bonds is 9. The summed E-state index contributed by atoms with van der Waals surface area (Å²) >= 11 is 4.60. The minimum atomic E-state index is -6.60. The standard InChI is InChI=1S/C21H16ClF9N2O4S/c1-36-9-32(18(35)33(10-37-2)17(34)16-12(22)4-3-5-13(16)23)15-7-6-11(8-14(15)24)38-21(30,31)19(25,26)20(27,28)29/h3-8H,9-10H2,1-2H3. The lowest BCUT2D eigenvalue weighted by molar-refractivity contribution is -0.330. The van der Waals surface area contributed by atoms with E-state index in [0.29, 0.717) is 21.9 Å². The first-order chi connectivity index (χ1) is 17.5. The molecule has 0 bridgehead atoms. The van der Waals surface area contributed by atoms with E-state index in [1.807, 2.05) is 0 Å². The molecule has 0 heterocycles. The number of hydrogen-bond acceptors (Lipinski definition) is 5. The van der Waals surface area contributed by atoms with Gasteiger partial charge in [-0.25, -0.2) is 18.5 Å². The number of halogens is 10. The Balaban J connectivity index is 2.45. The number of hydrogen-bond donors (Lipinski definition) is 0. The molecular formula is C21H16ClF9N2O4S. The average Bonchev–Trinajstić information content (AvgIpc) is 2.80. The van der Waals surface area contributed by atoms with Gasteiger partial charge in [0, 0.05) is 19.1 Å². The summed E-state index contributed by atoms with van der Waals surface area (Å²) in [7, 11) is 2.10. The number of nitrogens with zero attached hydrogens (tertiary/aromatic N) is 2. The number of carbonyl (C=O) groups excluding carboxylic acids is 2. The number of ether oxygens (including phenoxy) is 2. The highest BCUT2D eigenvalue weighted by molar-refractivity contribution is 8.00. The van der Waals surface area contributed by atoms with Crippen LogP contribution in [-0.2, 0) is 9.47 Å². The van der Waals surface area contributed by atoms with Gasteiger partial charge in [0.1, 0.15) is 25.1 Å². The van der Waals surface area contributed by atoms with Crippen LogP contribution in [0, 0.1) is 11.6 Å². The molecule has 0 saturated carbocycles. The molecule has 0 aliphatic heterocycles. The van der Waals surface area contributed by atoms with E-state index in [9.17, 15) is 49.1 Å². The van der Waals surface area contributed by atoms with Gasteiger partial charge in [-0.3, -0.25) is 9.69 Å². The van der Waals surface area contributed by atoms with Crippen molar-refractivity contribution in [3.05, 3.63) is 58.6 Å². The maximum atomic E-state index is 14.9. The predicted octanol–water partition coefficient (Wildman–Crippen LogP) is 6.78. The summed E-state index contributed by atoms with van der Waals surface area (Å²) in [6.45, 7) is -1.60. The summed E-state index contributed by atoms with van der Waals surface area (Å²) in [5, 5.41) is -6.10. The van der Waals surface area contributed by atoms with Crippen molar-refractivity contribution in [3.8, 4) is 0 Å². The van der Waals surface area contributed by atoms with Crippen LogP contribution in [0.5, 0.6) is 0 Å².